The zero-order valence-corrected chi connectivity index (χ0v) is 10.4. The zero-order chi connectivity index (χ0) is 14.3. The van der Waals surface area contributed by atoms with Crippen molar-refractivity contribution in [3.8, 4) is 11.8 Å². The summed E-state index contributed by atoms with van der Waals surface area (Å²) in [6, 6.07) is 8.46. The molecule has 1 atom stereocenters. The highest BCUT2D eigenvalue weighted by molar-refractivity contribution is 5.28. The fourth-order valence-corrected chi connectivity index (χ4v) is 1.56. The highest BCUT2D eigenvalue weighted by atomic mass is 19.4. The summed E-state index contributed by atoms with van der Waals surface area (Å²) in [7, 11) is 1.50. The summed E-state index contributed by atoms with van der Waals surface area (Å²) in [6.45, 7) is -1.32. The summed E-state index contributed by atoms with van der Waals surface area (Å²) >= 11 is 0. The van der Waals surface area contributed by atoms with Crippen LogP contribution in [0.3, 0.4) is 0 Å². The van der Waals surface area contributed by atoms with Crippen molar-refractivity contribution in [2.24, 2.45) is 0 Å². The fourth-order valence-electron chi connectivity index (χ4n) is 1.56. The molecule has 0 radical (unpaired) electrons. The van der Waals surface area contributed by atoms with E-state index < -0.39 is 18.9 Å². The van der Waals surface area contributed by atoms with Gasteiger partial charge in [-0.15, -0.1) is 0 Å². The van der Waals surface area contributed by atoms with Crippen molar-refractivity contribution in [3.05, 3.63) is 29.8 Å². The smallest absolute Gasteiger partial charge is 0.411 e. The molecule has 0 saturated heterocycles. The molecule has 3 nitrogen and oxygen atoms in total. The normalized spacial score (nSPS) is 12.8. The third-order valence-electron chi connectivity index (χ3n) is 2.45. The molecule has 1 unspecified atom stereocenters. The molecule has 0 amide bonds. The van der Waals surface area contributed by atoms with Crippen molar-refractivity contribution in [2.75, 3.05) is 13.7 Å². The van der Waals surface area contributed by atoms with Gasteiger partial charge in [0.25, 0.3) is 0 Å². The van der Waals surface area contributed by atoms with E-state index in [1.807, 2.05) is 6.07 Å². The molecule has 6 heteroatoms. The minimum Gasteiger partial charge on any atom is -0.497 e. The second-order valence-electron chi connectivity index (χ2n) is 3.88. The van der Waals surface area contributed by atoms with E-state index >= 15 is 0 Å². The van der Waals surface area contributed by atoms with Crippen molar-refractivity contribution in [2.45, 2.75) is 25.1 Å². The SMILES string of the molecule is COc1ccc(C(CCC#N)OCC(F)(F)F)cc1. The number of ether oxygens (including phenoxy) is 2. The van der Waals surface area contributed by atoms with Crippen LogP contribution >= 0.6 is 0 Å². The van der Waals surface area contributed by atoms with Crippen molar-refractivity contribution >= 4 is 0 Å². The van der Waals surface area contributed by atoms with Gasteiger partial charge >= 0.3 is 6.18 Å². The second kappa shape index (κ2) is 7.00. The number of alkyl halides is 3. The Morgan fingerprint density at radius 2 is 1.89 bits per heavy atom. The van der Waals surface area contributed by atoms with E-state index in [9.17, 15) is 13.2 Å². The molecule has 0 aliphatic carbocycles. The van der Waals surface area contributed by atoms with Gasteiger partial charge in [-0.1, -0.05) is 12.1 Å². The lowest BCUT2D eigenvalue weighted by molar-refractivity contribution is -0.186. The number of methoxy groups -OCH3 is 1. The van der Waals surface area contributed by atoms with E-state index in [0.29, 0.717) is 11.3 Å². The first-order valence-electron chi connectivity index (χ1n) is 5.65. The maximum atomic E-state index is 12.2. The Morgan fingerprint density at radius 1 is 1.26 bits per heavy atom. The number of nitriles is 1. The van der Waals surface area contributed by atoms with Crippen molar-refractivity contribution in [1.29, 1.82) is 5.26 Å². The van der Waals surface area contributed by atoms with Crippen LogP contribution in [-0.4, -0.2) is 19.9 Å². The summed E-state index contributed by atoms with van der Waals surface area (Å²) in [5, 5.41) is 8.52. The third kappa shape index (κ3) is 5.62. The molecule has 0 spiro atoms. The molecule has 0 saturated carbocycles. The molecule has 1 aromatic rings. The van der Waals surface area contributed by atoms with E-state index in [1.54, 1.807) is 24.3 Å². The van der Waals surface area contributed by atoms with Crippen LogP contribution in [0.2, 0.25) is 0 Å². The largest absolute Gasteiger partial charge is 0.497 e. The van der Waals surface area contributed by atoms with Gasteiger partial charge in [-0.25, -0.2) is 0 Å². The first-order chi connectivity index (χ1) is 8.96. The Labute approximate surface area is 109 Å². The van der Waals surface area contributed by atoms with Gasteiger partial charge in [0, 0.05) is 6.42 Å². The molecule has 104 valence electrons. The van der Waals surface area contributed by atoms with E-state index in [4.69, 9.17) is 14.7 Å². The summed E-state index contributed by atoms with van der Waals surface area (Å²) < 4.78 is 46.3. The van der Waals surface area contributed by atoms with Gasteiger partial charge < -0.3 is 9.47 Å². The average molecular weight is 273 g/mol. The first-order valence-corrected chi connectivity index (χ1v) is 5.65. The molecular formula is C13H14F3NO2. The number of hydrogen-bond donors (Lipinski definition) is 0. The van der Waals surface area contributed by atoms with Crippen molar-refractivity contribution in [1.82, 2.24) is 0 Å². The monoisotopic (exact) mass is 273 g/mol. The minimum absolute atomic E-state index is 0.133. The van der Waals surface area contributed by atoms with Gasteiger partial charge in [-0.05, 0) is 24.1 Å². The summed E-state index contributed by atoms with van der Waals surface area (Å²) in [5.74, 6) is 0.610. The summed E-state index contributed by atoms with van der Waals surface area (Å²) in [4.78, 5) is 0. The lowest BCUT2D eigenvalue weighted by atomic mass is 10.0. The van der Waals surface area contributed by atoms with Crippen LogP contribution in [0, 0.1) is 11.3 Å². The molecule has 0 N–H and O–H groups in total. The van der Waals surface area contributed by atoms with E-state index in [0.717, 1.165) is 0 Å². The first kappa shape index (κ1) is 15.3. The van der Waals surface area contributed by atoms with Gasteiger partial charge in [0.1, 0.15) is 12.4 Å². The van der Waals surface area contributed by atoms with Crippen LogP contribution in [0.15, 0.2) is 24.3 Å². The number of hydrogen-bond acceptors (Lipinski definition) is 3. The second-order valence-corrected chi connectivity index (χ2v) is 3.88. The molecule has 19 heavy (non-hydrogen) atoms. The molecular weight excluding hydrogens is 259 g/mol. The number of rotatable bonds is 6. The summed E-state index contributed by atoms with van der Waals surface area (Å²) in [5.41, 5.74) is 0.598. The minimum atomic E-state index is -4.38. The summed E-state index contributed by atoms with van der Waals surface area (Å²) in [6.07, 6.45) is -4.77. The predicted octanol–water partition coefficient (Wildman–Crippen LogP) is 3.62. The molecule has 0 aliphatic heterocycles. The maximum absolute atomic E-state index is 12.2. The van der Waals surface area contributed by atoms with Crippen molar-refractivity contribution < 1.29 is 22.6 Å². The Hall–Kier alpha value is -1.74. The van der Waals surface area contributed by atoms with Gasteiger partial charge in [-0.3, -0.25) is 0 Å². The molecule has 0 aliphatic rings. The van der Waals surface area contributed by atoms with Crippen LogP contribution in [0.1, 0.15) is 24.5 Å². The Balaban J connectivity index is 2.74. The Morgan fingerprint density at radius 3 is 2.37 bits per heavy atom. The maximum Gasteiger partial charge on any atom is 0.411 e. The molecule has 0 heterocycles. The third-order valence-corrected chi connectivity index (χ3v) is 2.45. The Kier molecular flexibility index (Phi) is 5.64. The van der Waals surface area contributed by atoms with E-state index in [1.165, 1.54) is 7.11 Å². The lowest BCUT2D eigenvalue weighted by Crippen LogP contribution is -2.19. The van der Waals surface area contributed by atoms with Crippen LogP contribution in [0.25, 0.3) is 0 Å². The van der Waals surface area contributed by atoms with E-state index in [2.05, 4.69) is 0 Å². The molecule has 1 rings (SSSR count). The lowest BCUT2D eigenvalue weighted by Gasteiger charge is -2.18. The average Bonchev–Trinajstić information content (AvgIpc) is 2.38. The van der Waals surface area contributed by atoms with Crippen LogP contribution < -0.4 is 4.74 Å². The van der Waals surface area contributed by atoms with E-state index in [-0.39, 0.29) is 12.8 Å². The van der Waals surface area contributed by atoms with Gasteiger partial charge in [0.05, 0.1) is 19.3 Å². The molecule has 0 fully saturated rings. The zero-order valence-electron chi connectivity index (χ0n) is 10.4. The quantitative estimate of drug-likeness (QED) is 0.795. The van der Waals surface area contributed by atoms with Gasteiger partial charge in [-0.2, -0.15) is 18.4 Å². The van der Waals surface area contributed by atoms with Crippen LogP contribution in [0.5, 0.6) is 5.75 Å². The number of benzene rings is 1. The Bertz CT molecular complexity index is 423. The topological polar surface area (TPSA) is 42.2 Å². The fraction of sp³-hybridized carbons (Fsp3) is 0.462. The van der Waals surface area contributed by atoms with Crippen LogP contribution in [-0.2, 0) is 4.74 Å². The highest BCUT2D eigenvalue weighted by Gasteiger charge is 2.29. The molecule has 0 bridgehead atoms. The predicted molar refractivity (Wildman–Crippen MR) is 62.6 cm³/mol. The van der Waals surface area contributed by atoms with Gasteiger partial charge in [0.2, 0.25) is 0 Å². The van der Waals surface area contributed by atoms with Crippen molar-refractivity contribution in [3.63, 3.8) is 0 Å². The molecule has 0 aromatic heterocycles. The number of nitrogens with zero attached hydrogens (tertiary/aromatic N) is 1. The van der Waals surface area contributed by atoms with Crippen LogP contribution in [0.4, 0.5) is 13.2 Å². The van der Waals surface area contributed by atoms with Gasteiger partial charge in [0.15, 0.2) is 0 Å². The highest BCUT2D eigenvalue weighted by Crippen LogP contribution is 2.27. The standard InChI is InChI=1S/C13H14F3NO2/c1-18-11-6-4-10(5-7-11)12(3-2-8-17)19-9-13(14,15)16/h4-7,12H,2-3,9H2,1H3. The number of halogens is 3. The molecule has 1 aromatic carbocycles.